The lowest BCUT2D eigenvalue weighted by Gasteiger charge is -2.45. The van der Waals surface area contributed by atoms with Gasteiger partial charge in [0.25, 0.3) is 0 Å². The molecule has 2 unspecified atom stereocenters. The van der Waals surface area contributed by atoms with Crippen LogP contribution in [0.15, 0.2) is 24.3 Å². The van der Waals surface area contributed by atoms with Gasteiger partial charge in [-0.3, -0.25) is 0 Å². The summed E-state index contributed by atoms with van der Waals surface area (Å²) in [6, 6.07) is 8.15. The first-order valence-electron chi connectivity index (χ1n) is 8.53. The van der Waals surface area contributed by atoms with E-state index in [1.54, 1.807) is 12.1 Å². The van der Waals surface area contributed by atoms with Crippen molar-refractivity contribution in [3.63, 3.8) is 0 Å². The maximum atomic E-state index is 13.2. The molecule has 3 rings (SSSR count). The molecule has 3 heteroatoms. The fourth-order valence-corrected chi connectivity index (χ4v) is 3.99. The summed E-state index contributed by atoms with van der Waals surface area (Å²) in [4.78, 5) is 2.50. The zero-order chi connectivity index (χ0) is 14.7. The molecular formula is C18H27FN2. The van der Waals surface area contributed by atoms with Gasteiger partial charge in [0.05, 0.1) is 0 Å². The molecule has 0 aromatic heterocycles. The molecule has 1 aromatic carbocycles. The van der Waals surface area contributed by atoms with Crippen LogP contribution in [0.5, 0.6) is 0 Å². The number of rotatable bonds is 3. The van der Waals surface area contributed by atoms with Crippen molar-refractivity contribution >= 4 is 5.69 Å². The van der Waals surface area contributed by atoms with Crippen molar-refractivity contribution in [2.24, 2.45) is 5.92 Å². The van der Waals surface area contributed by atoms with Gasteiger partial charge in [-0.25, -0.2) is 4.39 Å². The Morgan fingerprint density at radius 1 is 1.14 bits per heavy atom. The second-order valence-corrected chi connectivity index (χ2v) is 6.60. The van der Waals surface area contributed by atoms with Gasteiger partial charge in [-0.15, -0.1) is 0 Å². The molecular weight excluding hydrogens is 263 g/mol. The Morgan fingerprint density at radius 2 is 1.86 bits per heavy atom. The van der Waals surface area contributed by atoms with Crippen LogP contribution < -0.4 is 10.2 Å². The highest BCUT2D eigenvalue weighted by molar-refractivity contribution is 5.48. The first kappa shape index (κ1) is 14.8. The first-order valence-corrected chi connectivity index (χ1v) is 8.53. The van der Waals surface area contributed by atoms with Crippen LogP contribution in [0.3, 0.4) is 0 Å². The average Bonchev–Trinajstić information content (AvgIpc) is 2.56. The quantitative estimate of drug-likeness (QED) is 0.906. The number of hydrogen-bond acceptors (Lipinski definition) is 2. The van der Waals surface area contributed by atoms with Crippen LogP contribution in [0.25, 0.3) is 0 Å². The van der Waals surface area contributed by atoms with Gasteiger partial charge in [-0.1, -0.05) is 26.2 Å². The molecule has 1 saturated carbocycles. The second-order valence-electron chi connectivity index (χ2n) is 6.60. The molecule has 1 N–H and O–H groups in total. The molecule has 1 saturated heterocycles. The van der Waals surface area contributed by atoms with Crippen LogP contribution in [0.4, 0.5) is 10.1 Å². The van der Waals surface area contributed by atoms with Crippen LogP contribution >= 0.6 is 0 Å². The SMILES string of the molecule is CCC1CNC(C2CCCCC2)CN1c1ccc(F)cc1. The van der Waals surface area contributed by atoms with Crippen LogP contribution in [0, 0.1) is 11.7 Å². The van der Waals surface area contributed by atoms with Crippen molar-refractivity contribution in [3.05, 3.63) is 30.1 Å². The predicted molar refractivity (Wildman–Crippen MR) is 86.2 cm³/mol. The average molecular weight is 290 g/mol. The lowest BCUT2D eigenvalue weighted by atomic mass is 9.82. The third-order valence-electron chi connectivity index (χ3n) is 5.30. The topological polar surface area (TPSA) is 15.3 Å². The van der Waals surface area contributed by atoms with E-state index in [2.05, 4.69) is 17.1 Å². The Balaban J connectivity index is 1.73. The highest BCUT2D eigenvalue weighted by Gasteiger charge is 2.32. The molecule has 0 bridgehead atoms. The molecule has 2 nitrogen and oxygen atoms in total. The van der Waals surface area contributed by atoms with E-state index in [0.717, 1.165) is 25.4 Å². The van der Waals surface area contributed by atoms with Crippen molar-refractivity contribution < 1.29 is 4.39 Å². The summed E-state index contributed by atoms with van der Waals surface area (Å²) in [7, 11) is 0. The molecule has 0 spiro atoms. The van der Waals surface area contributed by atoms with Crippen LogP contribution in [-0.4, -0.2) is 25.2 Å². The standard InChI is InChI=1S/C18H27FN2/c1-2-16-12-20-18(14-6-4-3-5-7-14)13-21(16)17-10-8-15(19)9-11-17/h8-11,14,16,18,20H,2-7,12-13H2,1H3. The highest BCUT2D eigenvalue weighted by Crippen LogP contribution is 2.30. The molecule has 2 aliphatic rings. The molecule has 21 heavy (non-hydrogen) atoms. The van der Waals surface area contributed by atoms with Crippen molar-refractivity contribution in [1.29, 1.82) is 0 Å². The Hall–Kier alpha value is -1.09. The van der Waals surface area contributed by atoms with Crippen LogP contribution in [-0.2, 0) is 0 Å². The van der Waals surface area contributed by atoms with Crippen molar-refractivity contribution in [2.75, 3.05) is 18.0 Å². The zero-order valence-corrected chi connectivity index (χ0v) is 13.0. The highest BCUT2D eigenvalue weighted by atomic mass is 19.1. The third kappa shape index (κ3) is 3.39. The van der Waals surface area contributed by atoms with E-state index >= 15 is 0 Å². The normalized spacial score (nSPS) is 27.8. The number of halogens is 1. The number of nitrogens with one attached hydrogen (secondary N) is 1. The summed E-state index contributed by atoms with van der Waals surface area (Å²) in [5, 5.41) is 3.79. The summed E-state index contributed by atoms with van der Waals surface area (Å²) in [5.74, 6) is 0.672. The van der Waals surface area contributed by atoms with Gasteiger partial charge in [-0.05, 0) is 49.4 Å². The Morgan fingerprint density at radius 3 is 2.52 bits per heavy atom. The van der Waals surface area contributed by atoms with Gasteiger partial charge in [-0.2, -0.15) is 0 Å². The zero-order valence-electron chi connectivity index (χ0n) is 13.0. The van der Waals surface area contributed by atoms with Gasteiger partial charge in [0, 0.05) is 30.9 Å². The van der Waals surface area contributed by atoms with E-state index in [-0.39, 0.29) is 5.82 Å². The molecule has 1 heterocycles. The molecule has 116 valence electrons. The molecule has 2 atom stereocenters. The number of piperazine rings is 1. The van der Waals surface area contributed by atoms with Crippen molar-refractivity contribution in [1.82, 2.24) is 5.32 Å². The van der Waals surface area contributed by atoms with E-state index in [1.165, 1.54) is 37.8 Å². The molecule has 1 aliphatic heterocycles. The number of hydrogen-bond donors (Lipinski definition) is 1. The Bertz CT molecular complexity index is 439. The lowest BCUT2D eigenvalue weighted by Crippen LogP contribution is -2.59. The van der Waals surface area contributed by atoms with Crippen molar-refractivity contribution in [2.45, 2.75) is 57.5 Å². The Kier molecular flexibility index (Phi) is 4.79. The smallest absolute Gasteiger partial charge is 0.123 e. The third-order valence-corrected chi connectivity index (χ3v) is 5.30. The minimum Gasteiger partial charge on any atom is -0.366 e. The van der Waals surface area contributed by atoms with E-state index in [0.29, 0.717) is 12.1 Å². The number of nitrogens with zero attached hydrogens (tertiary/aromatic N) is 1. The summed E-state index contributed by atoms with van der Waals surface area (Å²) >= 11 is 0. The largest absolute Gasteiger partial charge is 0.366 e. The summed E-state index contributed by atoms with van der Waals surface area (Å²) < 4.78 is 13.2. The van der Waals surface area contributed by atoms with E-state index in [4.69, 9.17) is 0 Å². The fourth-order valence-electron chi connectivity index (χ4n) is 3.99. The lowest BCUT2D eigenvalue weighted by molar-refractivity contribution is 0.240. The molecule has 2 fully saturated rings. The molecule has 1 aromatic rings. The van der Waals surface area contributed by atoms with Gasteiger partial charge in [0.2, 0.25) is 0 Å². The number of anilines is 1. The summed E-state index contributed by atoms with van der Waals surface area (Å²) in [6.07, 6.45) is 8.04. The monoisotopic (exact) mass is 290 g/mol. The minimum atomic E-state index is -0.147. The van der Waals surface area contributed by atoms with Crippen LogP contribution in [0.2, 0.25) is 0 Å². The predicted octanol–water partition coefficient (Wildman–Crippen LogP) is 3.96. The maximum absolute atomic E-state index is 13.2. The second kappa shape index (κ2) is 6.78. The molecule has 1 aliphatic carbocycles. The van der Waals surface area contributed by atoms with E-state index in [1.807, 2.05) is 12.1 Å². The molecule has 0 amide bonds. The van der Waals surface area contributed by atoms with Crippen LogP contribution in [0.1, 0.15) is 45.4 Å². The summed E-state index contributed by atoms with van der Waals surface area (Å²) in [6.45, 7) is 4.35. The van der Waals surface area contributed by atoms with Gasteiger partial charge in [0.1, 0.15) is 5.82 Å². The van der Waals surface area contributed by atoms with Gasteiger partial charge in [0.15, 0.2) is 0 Å². The fraction of sp³-hybridized carbons (Fsp3) is 0.667. The molecule has 0 radical (unpaired) electrons. The van der Waals surface area contributed by atoms with Gasteiger partial charge < -0.3 is 10.2 Å². The Labute approximate surface area is 127 Å². The number of benzene rings is 1. The van der Waals surface area contributed by atoms with E-state index in [9.17, 15) is 4.39 Å². The maximum Gasteiger partial charge on any atom is 0.123 e. The first-order chi connectivity index (χ1) is 10.3. The minimum absolute atomic E-state index is 0.147. The van der Waals surface area contributed by atoms with Crippen molar-refractivity contribution in [3.8, 4) is 0 Å². The van der Waals surface area contributed by atoms with E-state index < -0.39 is 0 Å². The van der Waals surface area contributed by atoms with Gasteiger partial charge >= 0.3 is 0 Å². The summed E-state index contributed by atoms with van der Waals surface area (Å²) in [5.41, 5.74) is 1.17.